The Morgan fingerprint density at radius 2 is 2.23 bits per heavy atom. The van der Waals surface area contributed by atoms with Crippen molar-refractivity contribution >= 4 is 22.9 Å². The van der Waals surface area contributed by atoms with Gasteiger partial charge in [0.15, 0.2) is 0 Å². The molecule has 0 spiro atoms. The van der Waals surface area contributed by atoms with Crippen LogP contribution in [0.1, 0.15) is 11.3 Å². The molecule has 0 aliphatic heterocycles. The zero-order valence-corrected chi connectivity index (χ0v) is 13.2. The summed E-state index contributed by atoms with van der Waals surface area (Å²) >= 11 is 1.55. The predicted octanol–water partition coefficient (Wildman–Crippen LogP) is 3.26. The van der Waals surface area contributed by atoms with Crippen LogP contribution in [0, 0.1) is 13.8 Å². The molecule has 112 valence electrons. The van der Waals surface area contributed by atoms with E-state index in [0.717, 1.165) is 27.6 Å². The number of carbonyl (C=O) groups is 1. The van der Waals surface area contributed by atoms with Crippen molar-refractivity contribution in [2.24, 2.45) is 0 Å². The lowest BCUT2D eigenvalue weighted by atomic mass is 10.2. The molecule has 2 heterocycles. The Kier molecular flexibility index (Phi) is 4.02. The molecule has 0 unspecified atom stereocenters. The molecular weight excluding hydrogens is 296 g/mol. The molecule has 6 heteroatoms. The second-order valence-electron chi connectivity index (χ2n) is 5.14. The van der Waals surface area contributed by atoms with Gasteiger partial charge in [0.1, 0.15) is 17.2 Å². The summed E-state index contributed by atoms with van der Waals surface area (Å²) in [7, 11) is 0. The topological polar surface area (TPSA) is 59.8 Å². The van der Waals surface area contributed by atoms with Crippen LogP contribution in [-0.4, -0.2) is 20.4 Å². The Morgan fingerprint density at radius 1 is 1.36 bits per heavy atom. The Hall–Kier alpha value is -2.47. The quantitative estimate of drug-likeness (QED) is 0.804. The van der Waals surface area contributed by atoms with Gasteiger partial charge in [0, 0.05) is 23.0 Å². The largest absolute Gasteiger partial charge is 0.327 e. The first-order chi connectivity index (χ1) is 10.6. The fraction of sp³-hybridized carbons (Fsp3) is 0.188. The van der Waals surface area contributed by atoms with Crippen LogP contribution in [0.15, 0.2) is 42.2 Å². The molecule has 3 aromatic rings. The van der Waals surface area contributed by atoms with E-state index in [0.29, 0.717) is 0 Å². The summed E-state index contributed by atoms with van der Waals surface area (Å²) in [6.07, 6.45) is 3.50. The molecule has 5 nitrogen and oxygen atoms in total. The van der Waals surface area contributed by atoms with E-state index in [2.05, 4.69) is 15.3 Å². The van der Waals surface area contributed by atoms with Crippen molar-refractivity contribution in [3.8, 4) is 10.7 Å². The smallest absolute Gasteiger partial charge is 0.244 e. The molecule has 0 radical (unpaired) electrons. The van der Waals surface area contributed by atoms with Crippen LogP contribution in [0.5, 0.6) is 0 Å². The summed E-state index contributed by atoms with van der Waals surface area (Å²) in [4.78, 5) is 20.8. The van der Waals surface area contributed by atoms with E-state index in [1.807, 2.05) is 49.7 Å². The molecule has 0 aliphatic carbocycles. The number of aromatic nitrogens is 3. The molecule has 1 amide bonds. The molecule has 0 aliphatic rings. The van der Waals surface area contributed by atoms with Crippen molar-refractivity contribution in [1.82, 2.24) is 14.5 Å². The average Bonchev–Trinajstić information content (AvgIpc) is 3.07. The van der Waals surface area contributed by atoms with E-state index in [9.17, 15) is 4.79 Å². The molecule has 1 N–H and O–H groups in total. The van der Waals surface area contributed by atoms with Crippen molar-refractivity contribution < 1.29 is 4.79 Å². The highest BCUT2D eigenvalue weighted by Gasteiger charge is 2.09. The van der Waals surface area contributed by atoms with Crippen LogP contribution in [0.25, 0.3) is 10.7 Å². The van der Waals surface area contributed by atoms with E-state index in [-0.39, 0.29) is 12.5 Å². The van der Waals surface area contributed by atoms with Crippen molar-refractivity contribution in [3.63, 3.8) is 0 Å². The number of amides is 1. The highest BCUT2D eigenvalue weighted by molar-refractivity contribution is 7.13. The number of aryl methyl sites for hydroxylation is 2. The fourth-order valence-corrected chi connectivity index (χ4v) is 2.88. The molecule has 3 rings (SSSR count). The van der Waals surface area contributed by atoms with E-state index in [1.54, 1.807) is 22.2 Å². The minimum absolute atomic E-state index is 0.0788. The standard InChI is InChI=1S/C16H16N4OS/c1-11-4-3-5-13(6-11)19-15(21)8-20-7-14(17-10-20)16-18-12(2)9-22-16/h3-7,9-10H,8H2,1-2H3,(H,19,21). The maximum atomic E-state index is 12.1. The van der Waals surface area contributed by atoms with E-state index in [1.165, 1.54) is 0 Å². The highest BCUT2D eigenvalue weighted by Crippen LogP contribution is 2.21. The number of nitrogens with one attached hydrogen (secondary N) is 1. The number of rotatable bonds is 4. The number of carbonyl (C=O) groups excluding carboxylic acids is 1. The zero-order chi connectivity index (χ0) is 15.5. The third kappa shape index (κ3) is 3.40. The molecule has 0 saturated carbocycles. The van der Waals surface area contributed by atoms with Crippen molar-refractivity contribution in [1.29, 1.82) is 0 Å². The lowest BCUT2D eigenvalue weighted by Crippen LogP contribution is -2.17. The van der Waals surface area contributed by atoms with Gasteiger partial charge < -0.3 is 9.88 Å². The summed E-state index contributed by atoms with van der Waals surface area (Å²) in [5.41, 5.74) is 3.69. The highest BCUT2D eigenvalue weighted by atomic mass is 32.1. The summed E-state index contributed by atoms with van der Waals surface area (Å²) in [6.45, 7) is 4.17. The fourth-order valence-electron chi connectivity index (χ4n) is 2.12. The Labute approximate surface area is 132 Å². The van der Waals surface area contributed by atoms with Crippen LogP contribution in [0.4, 0.5) is 5.69 Å². The monoisotopic (exact) mass is 312 g/mol. The second-order valence-corrected chi connectivity index (χ2v) is 6.00. The molecular formula is C16H16N4OS. The summed E-state index contributed by atoms with van der Waals surface area (Å²) in [5.74, 6) is -0.0788. The van der Waals surface area contributed by atoms with E-state index < -0.39 is 0 Å². The molecule has 0 saturated heterocycles. The molecule has 22 heavy (non-hydrogen) atoms. The van der Waals surface area contributed by atoms with Gasteiger partial charge in [-0.2, -0.15) is 0 Å². The lowest BCUT2D eigenvalue weighted by molar-refractivity contribution is -0.116. The normalized spacial score (nSPS) is 10.6. The van der Waals surface area contributed by atoms with Gasteiger partial charge in [0.05, 0.1) is 6.33 Å². The van der Waals surface area contributed by atoms with Crippen LogP contribution in [0.3, 0.4) is 0 Å². The van der Waals surface area contributed by atoms with Gasteiger partial charge >= 0.3 is 0 Å². The van der Waals surface area contributed by atoms with Crippen molar-refractivity contribution in [2.75, 3.05) is 5.32 Å². The number of nitrogens with zero attached hydrogens (tertiary/aromatic N) is 3. The first-order valence-electron chi connectivity index (χ1n) is 6.91. The molecule has 0 atom stereocenters. The predicted molar refractivity (Wildman–Crippen MR) is 87.9 cm³/mol. The first kappa shape index (κ1) is 14.5. The third-order valence-corrected chi connectivity index (χ3v) is 4.08. The van der Waals surface area contributed by atoms with Crippen molar-refractivity contribution in [2.45, 2.75) is 20.4 Å². The Balaban J connectivity index is 1.66. The second kappa shape index (κ2) is 6.11. The van der Waals surface area contributed by atoms with Gasteiger partial charge in [0.25, 0.3) is 0 Å². The molecule has 2 aromatic heterocycles. The van der Waals surface area contributed by atoms with Gasteiger partial charge in [-0.3, -0.25) is 4.79 Å². The Bertz CT molecular complexity index is 806. The van der Waals surface area contributed by atoms with Crippen molar-refractivity contribution in [3.05, 3.63) is 53.4 Å². The Morgan fingerprint density at radius 3 is 2.95 bits per heavy atom. The third-order valence-electron chi connectivity index (χ3n) is 3.10. The van der Waals surface area contributed by atoms with E-state index >= 15 is 0 Å². The summed E-state index contributed by atoms with van der Waals surface area (Å²) < 4.78 is 1.76. The number of anilines is 1. The maximum Gasteiger partial charge on any atom is 0.244 e. The molecule has 0 fully saturated rings. The average molecular weight is 312 g/mol. The van der Waals surface area contributed by atoms with Gasteiger partial charge in [-0.25, -0.2) is 9.97 Å². The zero-order valence-electron chi connectivity index (χ0n) is 12.4. The molecule has 0 bridgehead atoms. The number of benzene rings is 1. The van der Waals surface area contributed by atoms with Crippen LogP contribution in [0.2, 0.25) is 0 Å². The first-order valence-corrected chi connectivity index (χ1v) is 7.79. The number of imidazole rings is 1. The minimum Gasteiger partial charge on any atom is -0.327 e. The van der Waals surface area contributed by atoms with Gasteiger partial charge in [-0.1, -0.05) is 12.1 Å². The van der Waals surface area contributed by atoms with Gasteiger partial charge in [0.2, 0.25) is 5.91 Å². The summed E-state index contributed by atoms with van der Waals surface area (Å²) in [5, 5.41) is 5.74. The van der Waals surface area contributed by atoms with Gasteiger partial charge in [-0.15, -0.1) is 11.3 Å². The SMILES string of the molecule is Cc1cccc(NC(=O)Cn2cnc(-c3nc(C)cs3)c2)c1. The van der Waals surface area contributed by atoms with Crippen LogP contribution in [-0.2, 0) is 11.3 Å². The number of hydrogen-bond donors (Lipinski definition) is 1. The number of thiazole rings is 1. The summed E-state index contributed by atoms with van der Waals surface area (Å²) in [6, 6.07) is 7.73. The van der Waals surface area contributed by atoms with Crippen LogP contribution < -0.4 is 5.32 Å². The van der Waals surface area contributed by atoms with Gasteiger partial charge in [-0.05, 0) is 31.5 Å². The van der Waals surface area contributed by atoms with Crippen LogP contribution >= 0.6 is 11.3 Å². The minimum atomic E-state index is -0.0788. The number of hydrogen-bond acceptors (Lipinski definition) is 4. The molecule has 1 aromatic carbocycles. The van der Waals surface area contributed by atoms with E-state index in [4.69, 9.17) is 0 Å². The maximum absolute atomic E-state index is 12.1. The lowest BCUT2D eigenvalue weighted by Gasteiger charge is -2.06.